The van der Waals surface area contributed by atoms with Crippen LogP contribution in [-0.4, -0.2) is 47.3 Å². The van der Waals surface area contributed by atoms with Crippen LogP contribution in [0.2, 0.25) is 0 Å². The van der Waals surface area contributed by atoms with Crippen LogP contribution in [0.5, 0.6) is 5.88 Å². The van der Waals surface area contributed by atoms with E-state index in [4.69, 9.17) is 4.74 Å². The second kappa shape index (κ2) is 8.75. The molecular formula is C24H21N9O2. The van der Waals surface area contributed by atoms with Gasteiger partial charge in [-0.1, -0.05) is 6.07 Å². The van der Waals surface area contributed by atoms with E-state index in [9.17, 15) is 10.1 Å². The molecule has 5 heterocycles. The molecule has 174 valence electrons. The summed E-state index contributed by atoms with van der Waals surface area (Å²) in [5.74, 6) is 0.500. The topological polar surface area (TPSA) is 128 Å². The summed E-state index contributed by atoms with van der Waals surface area (Å²) in [6, 6.07) is 7.02. The van der Waals surface area contributed by atoms with E-state index in [0.717, 1.165) is 22.3 Å². The van der Waals surface area contributed by atoms with E-state index in [1.807, 2.05) is 38.5 Å². The molecule has 1 N–H and O–H groups in total. The zero-order chi connectivity index (χ0) is 24.5. The van der Waals surface area contributed by atoms with Crippen molar-refractivity contribution in [2.45, 2.75) is 13.0 Å². The molecule has 0 bridgehead atoms. The van der Waals surface area contributed by atoms with Crippen LogP contribution in [0.15, 0.2) is 61.6 Å². The number of methoxy groups -OCH3 is 1. The zero-order valence-corrected chi connectivity index (χ0v) is 19.2. The van der Waals surface area contributed by atoms with Gasteiger partial charge in [-0.25, -0.2) is 14.3 Å². The van der Waals surface area contributed by atoms with E-state index < -0.39 is 6.03 Å². The Bertz CT molecular complexity index is 1570. The smallest absolute Gasteiger partial charge is 0.342 e. The number of aryl methyl sites for hydroxylation is 1. The number of hydrogen-bond acceptors (Lipinski definition) is 7. The third-order valence-corrected chi connectivity index (χ3v) is 5.68. The van der Waals surface area contributed by atoms with Crippen LogP contribution in [0.3, 0.4) is 0 Å². The molecule has 5 rings (SSSR count). The molecule has 0 aromatic carbocycles. The second-order valence-electron chi connectivity index (χ2n) is 7.99. The molecule has 11 heteroatoms. The van der Waals surface area contributed by atoms with Crippen LogP contribution < -0.4 is 10.1 Å². The number of rotatable bonds is 5. The summed E-state index contributed by atoms with van der Waals surface area (Å²) in [4.78, 5) is 17.1. The average Bonchev–Trinajstić information content (AvgIpc) is 3.63. The summed E-state index contributed by atoms with van der Waals surface area (Å²) < 4.78 is 9.69. The number of carbonyl (C=O) groups excluding carboxylic acids is 1. The first-order valence-corrected chi connectivity index (χ1v) is 10.7. The Morgan fingerprint density at radius 1 is 1.06 bits per heavy atom. The van der Waals surface area contributed by atoms with Gasteiger partial charge in [-0.2, -0.15) is 25.2 Å². The van der Waals surface area contributed by atoms with Crippen molar-refractivity contribution in [2.24, 2.45) is 7.05 Å². The Kier molecular flexibility index (Phi) is 5.46. The number of fused-ring (bicyclic) bond motifs is 1. The standard InChI is InChI=1S/C24H21N9O2/c1-15(16-4-5-22(35-3)26-8-16)30-24(34)33-14-20(11-29-33)21-6-17(19-10-27-31(2)12-19)13-32-23(21)18(7-25)9-28-32/h4-6,8-15H,1-3H3,(H,30,34). The van der Waals surface area contributed by atoms with Gasteiger partial charge in [0.15, 0.2) is 0 Å². The molecule has 35 heavy (non-hydrogen) atoms. The lowest BCUT2D eigenvalue weighted by molar-refractivity contribution is 0.236. The summed E-state index contributed by atoms with van der Waals surface area (Å²) >= 11 is 0. The third-order valence-electron chi connectivity index (χ3n) is 5.68. The molecular weight excluding hydrogens is 446 g/mol. The fourth-order valence-electron chi connectivity index (χ4n) is 3.83. The summed E-state index contributed by atoms with van der Waals surface area (Å²) in [6.07, 6.45) is 11.9. The van der Waals surface area contributed by atoms with E-state index in [1.165, 1.54) is 10.9 Å². The lowest BCUT2D eigenvalue weighted by Crippen LogP contribution is -2.31. The van der Waals surface area contributed by atoms with Crippen molar-refractivity contribution in [2.75, 3.05) is 7.11 Å². The molecule has 0 aliphatic carbocycles. The first-order chi connectivity index (χ1) is 17.0. The van der Waals surface area contributed by atoms with Gasteiger partial charge in [-0.3, -0.25) is 4.68 Å². The van der Waals surface area contributed by atoms with E-state index in [-0.39, 0.29) is 6.04 Å². The number of nitrogens with one attached hydrogen (secondary N) is 1. The van der Waals surface area contributed by atoms with Gasteiger partial charge in [0.2, 0.25) is 5.88 Å². The van der Waals surface area contributed by atoms with Crippen LogP contribution in [-0.2, 0) is 7.05 Å². The van der Waals surface area contributed by atoms with Gasteiger partial charge >= 0.3 is 6.03 Å². The van der Waals surface area contributed by atoms with Crippen molar-refractivity contribution < 1.29 is 9.53 Å². The fraction of sp³-hybridized carbons (Fsp3) is 0.167. The van der Waals surface area contributed by atoms with Crippen LogP contribution >= 0.6 is 0 Å². The molecule has 0 aliphatic rings. The zero-order valence-electron chi connectivity index (χ0n) is 19.2. The Morgan fingerprint density at radius 3 is 2.57 bits per heavy atom. The number of nitrogens with zero attached hydrogens (tertiary/aromatic N) is 8. The summed E-state index contributed by atoms with van der Waals surface area (Å²) in [7, 11) is 3.39. The minimum absolute atomic E-state index is 0.297. The summed E-state index contributed by atoms with van der Waals surface area (Å²) in [5, 5.41) is 25.4. The normalized spacial score (nSPS) is 11.8. The number of amides is 1. The molecule has 1 atom stereocenters. The van der Waals surface area contributed by atoms with Crippen molar-refractivity contribution in [1.82, 2.24) is 39.5 Å². The number of ether oxygens (including phenoxy) is 1. The van der Waals surface area contributed by atoms with Crippen LogP contribution in [0, 0.1) is 11.3 Å². The number of hydrogen-bond donors (Lipinski definition) is 1. The molecule has 5 aromatic heterocycles. The molecule has 5 aromatic rings. The van der Waals surface area contributed by atoms with Crippen LogP contribution in [0.1, 0.15) is 24.1 Å². The average molecular weight is 467 g/mol. The van der Waals surface area contributed by atoms with Crippen molar-refractivity contribution >= 4 is 11.5 Å². The third kappa shape index (κ3) is 4.08. The first-order valence-electron chi connectivity index (χ1n) is 10.7. The Morgan fingerprint density at radius 2 is 1.89 bits per heavy atom. The van der Waals surface area contributed by atoms with E-state index in [2.05, 4.69) is 31.7 Å². The molecule has 1 unspecified atom stereocenters. The predicted molar refractivity (Wildman–Crippen MR) is 126 cm³/mol. The molecule has 0 spiro atoms. The maximum Gasteiger partial charge on any atom is 0.342 e. The molecule has 11 nitrogen and oxygen atoms in total. The highest BCUT2D eigenvalue weighted by molar-refractivity contribution is 5.88. The predicted octanol–water partition coefficient (Wildman–Crippen LogP) is 3.19. The fourth-order valence-corrected chi connectivity index (χ4v) is 3.83. The number of pyridine rings is 2. The van der Waals surface area contributed by atoms with Gasteiger partial charge in [0.25, 0.3) is 0 Å². The minimum atomic E-state index is -0.395. The first kappa shape index (κ1) is 21.8. The van der Waals surface area contributed by atoms with Gasteiger partial charge in [-0.15, -0.1) is 0 Å². The lowest BCUT2D eigenvalue weighted by Gasteiger charge is -2.14. The van der Waals surface area contributed by atoms with Gasteiger partial charge < -0.3 is 10.1 Å². The largest absolute Gasteiger partial charge is 0.481 e. The Balaban J connectivity index is 1.47. The maximum atomic E-state index is 12.9. The Hall–Kier alpha value is -4.98. The van der Waals surface area contributed by atoms with E-state index >= 15 is 0 Å². The maximum absolute atomic E-state index is 12.9. The highest BCUT2D eigenvalue weighted by Crippen LogP contribution is 2.31. The second-order valence-corrected chi connectivity index (χ2v) is 7.99. The van der Waals surface area contributed by atoms with Crippen molar-refractivity contribution in [3.63, 3.8) is 0 Å². The van der Waals surface area contributed by atoms with E-state index in [1.54, 1.807) is 47.2 Å². The number of carbonyl (C=O) groups is 1. The number of aromatic nitrogens is 7. The lowest BCUT2D eigenvalue weighted by atomic mass is 10.0. The van der Waals surface area contributed by atoms with Crippen LogP contribution in [0.25, 0.3) is 27.8 Å². The molecule has 0 radical (unpaired) electrons. The quantitative estimate of drug-likeness (QED) is 0.420. The highest BCUT2D eigenvalue weighted by Gasteiger charge is 2.18. The Labute approximate surface area is 200 Å². The number of nitriles is 1. The van der Waals surface area contributed by atoms with Crippen molar-refractivity contribution in [1.29, 1.82) is 5.26 Å². The van der Waals surface area contributed by atoms with Gasteiger partial charge in [0.1, 0.15) is 6.07 Å². The monoisotopic (exact) mass is 467 g/mol. The highest BCUT2D eigenvalue weighted by atomic mass is 16.5. The molecule has 0 saturated heterocycles. The van der Waals surface area contributed by atoms with Crippen molar-refractivity contribution in [3.8, 4) is 34.2 Å². The summed E-state index contributed by atoms with van der Waals surface area (Å²) in [6.45, 7) is 1.86. The molecule has 1 amide bonds. The van der Waals surface area contributed by atoms with Gasteiger partial charge in [0, 0.05) is 60.2 Å². The molecule has 0 aliphatic heterocycles. The van der Waals surface area contributed by atoms with E-state index in [0.29, 0.717) is 22.5 Å². The molecule has 0 fully saturated rings. The SMILES string of the molecule is COc1ccc(C(C)NC(=O)n2cc(-c3cc(-c4cnn(C)c4)cn4ncc(C#N)c34)cn2)cn1. The van der Waals surface area contributed by atoms with Gasteiger partial charge in [-0.05, 0) is 18.6 Å². The summed E-state index contributed by atoms with van der Waals surface area (Å²) in [5.41, 5.74) is 5.06. The van der Waals surface area contributed by atoms with Crippen LogP contribution in [0.4, 0.5) is 4.79 Å². The molecule has 0 saturated carbocycles. The van der Waals surface area contributed by atoms with Crippen molar-refractivity contribution in [3.05, 3.63) is 72.7 Å². The minimum Gasteiger partial charge on any atom is -0.481 e. The van der Waals surface area contributed by atoms with Gasteiger partial charge in [0.05, 0.1) is 42.8 Å².